The van der Waals surface area contributed by atoms with Crippen LogP contribution in [0.4, 0.5) is 0 Å². The summed E-state index contributed by atoms with van der Waals surface area (Å²) in [4.78, 5) is 2.72. The SMILES string of the molecule is CCCNCC1CCN(C2CC(OCC)C2(C)C)C1. The first kappa shape index (κ1) is 15.3. The van der Waals surface area contributed by atoms with E-state index in [0.29, 0.717) is 11.5 Å². The van der Waals surface area contributed by atoms with Gasteiger partial charge in [-0.1, -0.05) is 20.8 Å². The summed E-state index contributed by atoms with van der Waals surface area (Å²) in [5, 5.41) is 3.57. The van der Waals surface area contributed by atoms with Crippen LogP contribution in [0, 0.1) is 11.3 Å². The molecule has 1 N–H and O–H groups in total. The highest BCUT2D eigenvalue weighted by atomic mass is 16.5. The van der Waals surface area contributed by atoms with Gasteiger partial charge in [0.15, 0.2) is 0 Å². The lowest BCUT2D eigenvalue weighted by Gasteiger charge is -2.55. The Morgan fingerprint density at radius 1 is 1.32 bits per heavy atom. The summed E-state index contributed by atoms with van der Waals surface area (Å²) in [6.07, 6.45) is 4.31. The largest absolute Gasteiger partial charge is 0.378 e. The molecule has 112 valence electrons. The minimum Gasteiger partial charge on any atom is -0.378 e. The van der Waals surface area contributed by atoms with Crippen LogP contribution < -0.4 is 5.32 Å². The second kappa shape index (κ2) is 6.55. The smallest absolute Gasteiger partial charge is 0.0655 e. The lowest BCUT2D eigenvalue weighted by molar-refractivity contribution is -0.146. The first-order valence-corrected chi connectivity index (χ1v) is 8.15. The molecule has 0 bridgehead atoms. The molecule has 1 aliphatic heterocycles. The predicted octanol–water partition coefficient (Wildman–Crippen LogP) is 2.51. The van der Waals surface area contributed by atoms with Crippen LogP contribution in [0.5, 0.6) is 0 Å². The van der Waals surface area contributed by atoms with Gasteiger partial charge in [-0.15, -0.1) is 0 Å². The number of nitrogens with one attached hydrogen (secondary N) is 1. The van der Waals surface area contributed by atoms with Crippen molar-refractivity contribution in [3.63, 3.8) is 0 Å². The molecule has 0 spiro atoms. The lowest BCUT2D eigenvalue weighted by atomic mass is 9.64. The van der Waals surface area contributed by atoms with E-state index < -0.39 is 0 Å². The number of ether oxygens (including phenoxy) is 1. The molecule has 3 nitrogen and oxygen atoms in total. The van der Waals surface area contributed by atoms with Gasteiger partial charge >= 0.3 is 0 Å². The average molecular weight is 268 g/mol. The van der Waals surface area contributed by atoms with E-state index in [1.807, 2.05) is 0 Å². The van der Waals surface area contributed by atoms with E-state index in [9.17, 15) is 0 Å². The Morgan fingerprint density at radius 3 is 2.74 bits per heavy atom. The van der Waals surface area contributed by atoms with E-state index in [4.69, 9.17) is 4.74 Å². The number of hydrogen-bond donors (Lipinski definition) is 1. The van der Waals surface area contributed by atoms with Gasteiger partial charge in [0.1, 0.15) is 0 Å². The highest BCUT2D eigenvalue weighted by Gasteiger charge is 2.52. The summed E-state index contributed by atoms with van der Waals surface area (Å²) in [5.41, 5.74) is 0.335. The molecule has 3 atom stereocenters. The van der Waals surface area contributed by atoms with E-state index in [1.165, 1.54) is 38.9 Å². The van der Waals surface area contributed by atoms with Crippen LogP contribution in [-0.4, -0.2) is 49.8 Å². The van der Waals surface area contributed by atoms with Gasteiger partial charge in [-0.3, -0.25) is 4.90 Å². The third-order valence-corrected chi connectivity index (χ3v) is 5.11. The standard InChI is InChI=1S/C16H32N2O/c1-5-8-17-11-13-7-9-18(12-13)14-10-15(19-6-2)16(14,3)4/h13-15,17H,5-12H2,1-4H3. The lowest BCUT2D eigenvalue weighted by Crippen LogP contribution is -2.61. The predicted molar refractivity (Wildman–Crippen MR) is 80.4 cm³/mol. The number of rotatable bonds is 7. The maximum Gasteiger partial charge on any atom is 0.0655 e. The monoisotopic (exact) mass is 268 g/mol. The molecule has 3 unspecified atom stereocenters. The Hall–Kier alpha value is -0.120. The van der Waals surface area contributed by atoms with Crippen molar-refractivity contribution in [2.24, 2.45) is 11.3 Å². The van der Waals surface area contributed by atoms with Gasteiger partial charge in [-0.25, -0.2) is 0 Å². The minimum atomic E-state index is 0.335. The summed E-state index contributed by atoms with van der Waals surface area (Å²) >= 11 is 0. The molecule has 0 amide bonds. The number of hydrogen-bond acceptors (Lipinski definition) is 3. The molecule has 1 saturated carbocycles. The molecule has 1 saturated heterocycles. The van der Waals surface area contributed by atoms with E-state index >= 15 is 0 Å². The van der Waals surface area contributed by atoms with Gasteiger partial charge in [0.2, 0.25) is 0 Å². The van der Waals surface area contributed by atoms with Crippen LogP contribution >= 0.6 is 0 Å². The molecule has 0 aromatic rings. The van der Waals surface area contributed by atoms with Gasteiger partial charge in [0.05, 0.1) is 6.10 Å². The second-order valence-corrected chi connectivity index (χ2v) is 6.87. The minimum absolute atomic E-state index is 0.335. The van der Waals surface area contributed by atoms with Crippen LogP contribution in [0.15, 0.2) is 0 Å². The molecule has 1 aliphatic carbocycles. The first-order chi connectivity index (χ1) is 9.09. The van der Waals surface area contributed by atoms with E-state index in [1.54, 1.807) is 0 Å². The molecule has 2 fully saturated rings. The van der Waals surface area contributed by atoms with Crippen molar-refractivity contribution in [1.29, 1.82) is 0 Å². The molecule has 0 radical (unpaired) electrons. The van der Waals surface area contributed by atoms with Crippen LogP contribution in [0.25, 0.3) is 0 Å². The van der Waals surface area contributed by atoms with Crippen molar-refractivity contribution in [3.05, 3.63) is 0 Å². The van der Waals surface area contributed by atoms with Crippen molar-refractivity contribution >= 4 is 0 Å². The molecule has 1 heterocycles. The van der Waals surface area contributed by atoms with E-state index in [0.717, 1.165) is 25.1 Å². The van der Waals surface area contributed by atoms with E-state index in [2.05, 4.69) is 37.9 Å². The third-order valence-electron chi connectivity index (χ3n) is 5.11. The van der Waals surface area contributed by atoms with Crippen molar-refractivity contribution in [2.75, 3.05) is 32.8 Å². The summed E-state index contributed by atoms with van der Waals surface area (Å²) in [5.74, 6) is 0.855. The van der Waals surface area contributed by atoms with Crippen molar-refractivity contribution in [3.8, 4) is 0 Å². The molecule has 2 rings (SSSR count). The summed E-state index contributed by atoms with van der Waals surface area (Å²) < 4.78 is 5.85. The van der Waals surface area contributed by atoms with Crippen molar-refractivity contribution in [2.45, 2.75) is 59.1 Å². The Morgan fingerprint density at radius 2 is 2.11 bits per heavy atom. The van der Waals surface area contributed by atoms with Gasteiger partial charge in [-0.2, -0.15) is 0 Å². The number of nitrogens with zero attached hydrogens (tertiary/aromatic N) is 1. The van der Waals surface area contributed by atoms with Crippen LogP contribution in [0.3, 0.4) is 0 Å². The van der Waals surface area contributed by atoms with Crippen molar-refractivity contribution < 1.29 is 4.74 Å². The van der Waals surface area contributed by atoms with E-state index in [-0.39, 0.29) is 0 Å². The quantitative estimate of drug-likeness (QED) is 0.718. The fraction of sp³-hybridized carbons (Fsp3) is 1.00. The fourth-order valence-corrected chi connectivity index (χ4v) is 3.76. The maximum absolute atomic E-state index is 5.85. The second-order valence-electron chi connectivity index (χ2n) is 6.87. The topological polar surface area (TPSA) is 24.5 Å². The van der Waals surface area contributed by atoms with Gasteiger partial charge < -0.3 is 10.1 Å². The van der Waals surface area contributed by atoms with Crippen molar-refractivity contribution in [1.82, 2.24) is 10.2 Å². The third kappa shape index (κ3) is 3.32. The molecule has 3 heteroatoms. The summed E-state index contributed by atoms with van der Waals surface area (Å²) in [6, 6.07) is 0.736. The Kier molecular flexibility index (Phi) is 5.27. The number of likely N-dealkylation sites (tertiary alicyclic amines) is 1. The summed E-state index contributed by atoms with van der Waals surface area (Å²) in [7, 11) is 0. The van der Waals surface area contributed by atoms with Gasteiger partial charge in [0.25, 0.3) is 0 Å². The Bertz CT molecular complexity index is 280. The maximum atomic E-state index is 5.85. The molecule has 19 heavy (non-hydrogen) atoms. The molecular formula is C16H32N2O. The zero-order chi connectivity index (χ0) is 13.9. The zero-order valence-corrected chi connectivity index (χ0v) is 13.2. The average Bonchev–Trinajstić information content (AvgIpc) is 2.82. The van der Waals surface area contributed by atoms with Gasteiger partial charge in [0, 0.05) is 24.6 Å². The van der Waals surface area contributed by atoms with Gasteiger partial charge in [-0.05, 0) is 51.7 Å². The normalized spacial score (nSPS) is 34.4. The van der Waals surface area contributed by atoms with Crippen LogP contribution in [-0.2, 0) is 4.74 Å². The highest BCUT2D eigenvalue weighted by molar-refractivity contribution is 5.05. The molecular weight excluding hydrogens is 236 g/mol. The zero-order valence-electron chi connectivity index (χ0n) is 13.2. The molecule has 2 aliphatic rings. The molecule has 0 aromatic carbocycles. The molecule has 0 aromatic heterocycles. The fourth-order valence-electron chi connectivity index (χ4n) is 3.76. The van der Waals surface area contributed by atoms with Crippen LogP contribution in [0.2, 0.25) is 0 Å². The Balaban J connectivity index is 1.76. The van der Waals surface area contributed by atoms with Crippen LogP contribution in [0.1, 0.15) is 47.0 Å². The first-order valence-electron chi connectivity index (χ1n) is 8.15. The highest BCUT2D eigenvalue weighted by Crippen LogP contribution is 2.47. The Labute approximate surface area is 119 Å². The summed E-state index contributed by atoms with van der Waals surface area (Å²) in [6.45, 7) is 14.9.